The molecule has 1 heterocycles. The zero-order valence-electron chi connectivity index (χ0n) is 12.9. The largest absolute Gasteiger partial charge is 0.385 e. The zero-order valence-corrected chi connectivity index (χ0v) is 14.4. The highest BCUT2D eigenvalue weighted by molar-refractivity contribution is 7.90. The van der Waals surface area contributed by atoms with Crippen LogP contribution < -0.4 is 4.72 Å². The minimum absolute atomic E-state index is 0.0210. The van der Waals surface area contributed by atoms with E-state index in [1.54, 1.807) is 12.3 Å². The number of nitrogens with zero attached hydrogens (tertiary/aromatic N) is 1. The fourth-order valence-corrected chi connectivity index (χ4v) is 6.22. The number of benzene rings is 1. The summed E-state index contributed by atoms with van der Waals surface area (Å²) in [5.74, 6) is 0.390. The van der Waals surface area contributed by atoms with Crippen LogP contribution in [0.5, 0.6) is 0 Å². The van der Waals surface area contributed by atoms with E-state index < -0.39 is 15.6 Å². The number of fused-ring (bicyclic) bond motifs is 2. The van der Waals surface area contributed by atoms with Gasteiger partial charge in [-0.05, 0) is 49.7 Å². The van der Waals surface area contributed by atoms with E-state index >= 15 is 0 Å². The molecular formula is C16H18ClN3O3S. The maximum Gasteiger partial charge on any atom is 0.214 e. The Bertz CT molecular complexity index is 925. The first-order valence-corrected chi connectivity index (χ1v) is 10.2. The van der Waals surface area contributed by atoms with E-state index in [1.807, 2.05) is 6.07 Å². The highest BCUT2D eigenvalue weighted by Crippen LogP contribution is 2.60. The van der Waals surface area contributed by atoms with Crippen molar-refractivity contribution in [2.24, 2.45) is 11.8 Å². The van der Waals surface area contributed by atoms with Crippen molar-refractivity contribution in [2.45, 2.75) is 42.6 Å². The molecule has 2 aromatic rings. The molecule has 0 saturated heterocycles. The van der Waals surface area contributed by atoms with Gasteiger partial charge in [-0.15, -0.1) is 0 Å². The smallest absolute Gasteiger partial charge is 0.214 e. The average Bonchev–Trinajstić information content (AvgIpc) is 3.37. The summed E-state index contributed by atoms with van der Waals surface area (Å²) < 4.78 is 27.0. The summed E-state index contributed by atoms with van der Waals surface area (Å²) in [6.07, 6.45) is 4.31. The van der Waals surface area contributed by atoms with E-state index in [2.05, 4.69) is 14.9 Å². The quantitative estimate of drug-likeness (QED) is 0.769. The molecule has 0 bridgehead atoms. The molecule has 3 aliphatic rings. The van der Waals surface area contributed by atoms with Gasteiger partial charge in [-0.1, -0.05) is 11.6 Å². The number of hydrogen-bond acceptors (Lipinski definition) is 4. The summed E-state index contributed by atoms with van der Waals surface area (Å²) in [6, 6.07) is 3.58. The summed E-state index contributed by atoms with van der Waals surface area (Å²) in [6.45, 7) is 0. The number of aromatic nitrogens is 2. The van der Waals surface area contributed by atoms with Crippen molar-refractivity contribution in [1.29, 1.82) is 0 Å². The van der Waals surface area contributed by atoms with Crippen LogP contribution >= 0.6 is 11.6 Å². The molecule has 1 aromatic carbocycles. The molecule has 3 saturated carbocycles. The first kappa shape index (κ1) is 15.1. The van der Waals surface area contributed by atoms with Crippen molar-refractivity contribution in [3.8, 4) is 0 Å². The molecule has 0 unspecified atom stereocenters. The Labute approximate surface area is 144 Å². The average molecular weight is 368 g/mol. The number of sulfonamides is 1. The Morgan fingerprint density at radius 1 is 1.29 bits per heavy atom. The van der Waals surface area contributed by atoms with Gasteiger partial charge in [-0.3, -0.25) is 5.10 Å². The summed E-state index contributed by atoms with van der Waals surface area (Å²) >= 11 is 6.18. The van der Waals surface area contributed by atoms with Gasteiger partial charge in [0.2, 0.25) is 10.0 Å². The molecule has 1 aromatic heterocycles. The van der Waals surface area contributed by atoms with Crippen LogP contribution in [0.4, 0.5) is 0 Å². The second-order valence-electron chi connectivity index (χ2n) is 7.44. The number of aromatic amines is 1. The second-order valence-corrected chi connectivity index (χ2v) is 9.87. The van der Waals surface area contributed by atoms with Crippen LogP contribution in [0.25, 0.3) is 10.9 Å². The summed E-state index contributed by atoms with van der Waals surface area (Å²) in [5, 5.41) is 19.4. The highest BCUT2D eigenvalue weighted by Gasteiger charge is 2.63. The lowest BCUT2D eigenvalue weighted by molar-refractivity contribution is 0.0302. The standard InChI is InChI=1S/C16H18ClN3O3S/c17-9-3-8-7-18-19-14(8)13(4-9)16(21)5-11-12(6-16)15(11)20-24(22,23)10-1-2-10/h3-4,7,10-12,15,20-21H,1-2,5-6H2,(H,18,19)/t11-,12+,15+,16-. The van der Waals surface area contributed by atoms with Crippen LogP contribution in [0, 0.1) is 11.8 Å². The maximum atomic E-state index is 12.1. The third-order valence-corrected chi connectivity index (χ3v) is 7.92. The van der Waals surface area contributed by atoms with Gasteiger partial charge >= 0.3 is 0 Å². The van der Waals surface area contributed by atoms with E-state index in [-0.39, 0.29) is 23.1 Å². The normalized spacial score (nSPS) is 35.3. The molecule has 3 N–H and O–H groups in total. The molecule has 5 rings (SSSR count). The van der Waals surface area contributed by atoms with Gasteiger partial charge in [-0.2, -0.15) is 5.10 Å². The van der Waals surface area contributed by atoms with Crippen LogP contribution in [0.1, 0.15) is 31.2 Å². The van der Waals surface area contributed by atoms with Gasteiger partial charge in [0.1, 0.15) is 0 Å². The summed E-state index contributed by atoms with van der Waals surface area (Å²) in [7, 11) is -3.17. The van der Waals surface area contributed by atoms with Crippen molar-refractivity contribution in [1.82, 2.24) is 14.9 Å². The number of hydrogen-bond donors (Lipinski definition) is 3. The minimum atomic E-state index is -3.17. The lowest BCUT2D eigenvalue weighted by Gasteiger charge is -2.27. The number of aliphatic hydroxyl groups is 1. The Morgan fingerprint density at radius 3 is 2.67 bits per heavy atom. The van der Waals surface area contributed by atoms with Gasteiger partial charge in [-0.25, -0.2) is 13.1 Å². The first-order valence-electron chi connectivity index (χ1n) is 8.24. The SMILES string of the molecule is O=S(=O)(N[C@H]1[C@@H]2C[C@](O)(c3cc(Cl)cc4cn[nH]c34)C[C@@H]21)C1CC1. The molecule has 128 valence electrons. The van der Waals surface area contributed by atoms with Crippen LogP contribution in [0.15, 0.2) is 18.3 Å². The van der Waals surface area contributed by atoms with Crippen molar-refractivity contribution in [2.75, 3.05) is 0 Å². The third kappa shape index (κ3) is 2.22. The Morgan fingerprint density at radius 2 is 2.00 bits per heavy atom. The van der Waals surface area contributed by atoms with E-state index in [1.165, 1.54) is 0 Å². The molecule has 3 fully saturated rings. The van der Waals surface area contributed by atoms with E-state index in [9.17, 15) is 13.5 Å². The summed E-state index contributed by atoms with van der Waals surface area (Å²) in [5.41, 5.74) is 0.587. The van der Waals surface area contributed by atoms with Gasteiger partial charge in [0.05, 0.1) is 22.6 Å². The molecule has 0 aliphatic heterocycles. The van der Waals surface area contributed by atoms with Crippen LogP contribution in [-0.4, -0.2) is 35.0 Å². The van der Waals surface area contributed by atoms with E-state index in [0.717, 1.165) is 29.3 Å². The molecule has 4 atom stereocenters. The number of halogens is 1. The number of nitrogens with one attached hydrogen (secondary N) is 2. The van der Waals surface area contributed by atoms with E-state index in [0.29, 0.717) is 17.9 Å². The van der Waals surface area contributed by atoms with Crippen LogP contribution in [-0.2, 0) is 15.6 Å². The van der Waals surface area contributed by atoms with E-state index in [4.69, 9.17) is 11.6 Å². The number of rotatable bonds is 4. The molecule has 0 spiro atoms. The zero-order chi connectivity index (χ0) is 16.7. The van der Waals surface area contributed by atoms with Gasteiger partial charge < -0.3 is 5.11 Å². The van der Waals surface area contributed by atoms with Gasteiger partial charge in [0.15, 0.2) is 0 Å². The second kappa shape index (κ2) is 4.72. The maximum absolute atomic E-state index is 12.1. The number of H-pyrrole nitrogens is 1. The molecule has 6 nitrogen and oxygen atoms in total. The Balaban J connectivity index is 1.39. The van der Waals surface area contributed by atoms with Gasteiger partial charge in [0.25, 0.3) is 0 Å². The Hall–Kier alpha value is -1.15. The predicted molar refractivity (Wildman–Crippen MR) is 90.1 cm³/mol. The molecule has 8 heteroatoms. The van der Waals surface area contributed by atoms with Crippen molar-refractivity contribution >= 4 is 32.5 Å². The fraction of sp³-hybridized carbons (Fsp3) is 0.562. The lowest BCUT2D eigenvalue weighted by Crippen LogP contribution is -2.35. The minimum Gasteiger partial charge on any atom is -0.385 e. The van der Waals surface area contributed by atoms with Crippen molar-refractivity contribution in [3.63, 3.8) is 0 Å². The third-order valence-electron chi connectivity index (χ3n) is 5.76. The van der Waals surface area contributed by atoms with Crippen LogP contribution in [0.3, 0.4) is 0 Å². The van der Waals surface area contributed by atoms with Crippen molar-refractivity contribution in [3.05, 3.63) is 28.9 Å². The monoisotopic (exact) mass is 367 g/mol. The molecule has 0 radical (unpaired) electrons. The molecule has 3 aliphatic carbocycles. The molecule has 0 amide bonds. The highest BCUT2D eigenvalue weighted by atomic mass is 35.5. The molecular weight excluding hydrogens is 350 g/mol. The van der Waals surface area contributed by atoms with Crippen LogP contribution in [0.2, 0.25) is 5.02 Å². The topological polar surface area (TPSA) is 95.1 Å². The Kier molecular flexibility index (Phi) is 2.98. The van der Waals surface area contributed by atoms with Gasteiger partial charge in [0, 0.05) is 22.0 Å². The lowest BCUT2D eigenvalue weighted by atomic mass is 9.87. The predicted octanol–water partition coefficient (Wildman–Crippen LogP) is 1.89. The fourth-order valence-electron chi connectivity index (χ4n) is 4.31. The van der Waals surface area contributed by atoms with Crippen molar-refractivity contribution < 1.29 is 13.5 Å². The molecule has 24 heavy (non-hydrogen) atoms. The summed E-state index contributed by atoms with van der Waals surface area (Å²) in [4.78, 5) is 0. The first-order chi connectivity index (χ1) is 11.4.